The molecule has 0 radical (unpaired) electrons. The van der Waals surface area contributed by atoms with Crippen LogP contribution in [0.1, 0.15) is 44.9 Å². The Kier molecular flexibility index (Phi) is 8.09. The standard InChI is InChI=1S/C27H25BrN2O6S/c1-5-34-20-10-7-17(8-11-20)24-23(26(33)35-6-2)15(3)29-27-30(24)25(32)22(37-27)14-18-13-19(28)9-12-21(18)36-16(4)31/h7-14,24H,5-6H2,1-4H3/b22-14-/t24-/m1/s1. The van der Waals surface area contributed by atoms with E-state index in [4.69, 9.17) is 14.2 Å². The molecule has 0 bridgehead atoms. The van der Waals surface area contributed by atoms with Crippen LogP contribution in [0.2, 0.25) is 0 Å². The molecule has 3 aromatic rings. The minimum atomic E-state index is -0.733. The number of hydrogen-bond acceptors (Lipinski definition) is 8. The predicted octanol–water partition coefficient (Wildman–Crippen LogP) is 3.88. The first-order valence-electron chi connectivity index (χ1n) is 11.6. The second-order valence-electron chi connectivity index (χ2n) is 8.08. The summed E-state index contributed by atoms with van der Waals surface area (Å²) in [5, 5.41) is 0. The van der Waals surface area contributed by atoms with E-state index in [0.717, 1.165) is 10.0 Å². The van der Waals surface area contributed by atoms with Crippen molar-refractivity contribution in [1.29, 1.82) is 0 Å². The van der Waals surface area contributed by atoms with Crippen LogP contribution in [0.25, 0.3) is 6.08 Å². The van der Waals surface area contributed by atoms with Gasteiger partial charge in [0.2, 0.25) is 0 Å². The lowest BCUT2D eigenvalue weighted by molar-refractivity contribution is -0.139. The smallest absolute Gasteiger partial charge is 0.338 e. The molecule has 1 aliphatic rings. The first-order valence-corrected chi connectivity index (χ1v) is 13.2. The van der Waals surface area contributed by atoms with E-state index in [1.165, 1.54) is 22.8 Å². The minimum Gasteiger partial charge on any atom is -0.494 e. The van der Waals surface area contributed by atoms with E-state index in [-0.39, 0.29) is 12.2 Å². The number of carbonyl (C=O) groups is 2. The van der Waals surface area contributed by atoms with Gasteiger partial charge in [0.1, 0.15) is 11.5 Å². The van der Waals surface area contributed by atoms with Crippen molar-refractivity contribution in [2.45, 2.75) is 33.7 Å². The van der Waals surface area contributed by atoms with E-state index < -0.39 is 18.0 Å². The summed E-state index contributed by atoms with van der Waals surface area (Å²) in [4.78, 5) is 43.4. The molecule has 4 rings (SSSR count). The number of fused-ring (bicyclic) bond motifs is 1. The molecule has 0 aliphatic carbocycles. The fourth-order valence-corrected chi connectivity index (χ4v) is 5.46. The van der Waals surface area contributed by atoms with E-state index >= 15 is 0 Å². The Balaban J connectivity index is 1.93. The van der Waals surface area contributed by atoms with Crippen LogP contribution >= 0.6 is 27.3 Å². The fraction of sp³-hybridized carbons (Fsp3) is 0.259. The Hall–Kier alpha value is -3.50. The van der Waals surface area contributed by atoms with Gasteiger partial charge >= 0.3 is 11.9 Å². The topological polar surface area (TPSA) is 96.2 Å². The Labute approximate surface area is 225 Å². The van der Waals surface area contributed by atoms with Crippen LogP contribution in [0.3, 0.4) is 0 Å². The lowest BCUT2D eigenvalue weighted by Crippen LogP contribution is -2.39. The number of benzene rings is 2. The van der Waals surface area contributed by atoms with Gasteiger partial charge in [-0.25, -0.2) is 9.79 Å². The highest BCUT2D eigenvalue weighted by atomic mass is 79.9. The van der Waals surface area contributed by atoms with E-state index in [2.05, 4.69) is 20.9 Å². The quantitative estimate of drug-likeness (QED) is 0.309. The predicted molar refractivity (Wildman–Crippen MR) is 143 cm³/mol. The summed E-state index contributed by atoms with van der Waals surface area (Å²) in [6, 6.07) is 11.7. The van der Waals surface area contributed by atoms with Crippen molar-refractivity contribution in [3.05, 3.63) is 89.0 Å². The molecule has 2 aromatic carbocycles. The van der Waals surface area contributed by atoms with Gasteiger partial charge in [0.15, 0.2) is 4.80 Å². The van der Waals surface area contributed by atoms with Crippen LogP contribution in [0, 0.1) is 0 Å². The molecular weight excluding hydrogens is 560 g/mol. The summed E-state index contributed by atoms with van der Waals surface area (Å²) < 4.78 is 18.9. The van der Waals surface area contributed by atoms with Gasteiger partial charge in [0.05, 0.1) is 35.1 Å². The molecule has 37 heavy (non-hydrogen) atoms. The molecule has 0 saturated carbocycles. The number of aromatic nitrogens is 1. The summed E-state index contributed by atoms with van der Waals surface area (Å²) in [6.45, 7) is 7.39. The Morgan fingerprint density at radius 2 is 1.86 bits per heavy atom. The average molecular weight is 585 g/mol. The fourth-order valence-electron chi connectivity index (χ4n) is 4.04. The number of hydrogen-bond donors (Lipinski definition) is 0. The zero-order valence-electron chi connectivity index (χ0n) is 20.7. The Bertz CT molecular complexity index is 1570. The number of halogens is 1. The number of esters is 2. The van der Waals surface area contributed by atoms with Gasteiger partial charge in [-0.1, -0.05) is 39.4 Å². The zero-order chi connectivity index (χ0) is 26.7. The lowest BCUT2D eigenvalue weighted by atomic mass is 9.96. The molecule has 1 atom stereocenters. The Morgan fingerprint density at radius 1 is 1.14 bits per heavy atom. The van der Waals surface area contributed by atoms with Gasteiger partial charge < -0.3 is 14.2 Å². The molecule has 0 fully saturated rings. The van der Waals surface area contributed by atoms with Crippen LogP contribution in [-0.4, -0.2) is 29.7 Å². The molecule has 8 nitrogen and oxygen atoms in total. The molecule has 0 unspecified atom stereocenters. The highest BCUT2D eigenvalue weighted by Crippen LogP contribution is 2.32. The van der Waals surface area contributed by atoms with Crippen molar-refractivity contribution in [2.24, 2.45) is 4.99 Å². The molecule has 0 N–H and O–H groups in total. The normalized spacial score (nSPS) is 15.2. The van der Waals surface area contributed by atoms with E-state index in [0.29, 0.717) is 44.3 Å². The van der Waals surface area contributed by atoms with Crippen LogP contribution in [0.4, 0.5) is 0 Å². The maximum atomic E-state index is 13.8. The Morgan fingerprint density at radius 3 is 2.51 bits per heavy atom. The van der Waals surface area contributed by atoms with E-state index in [1.807, 2.05) is 19.1 Å². The van der Waals surface area contributed by atoms with E-state index in [9.17, 15) is 14.4 Å². The minimum absolute atomic E-state index is 0.192. The zero-order valence-corrected chi connectivity index (χ0v) is 23.1. The van der Waals surface area contributed by atoms with Gasteiger partial charge in [0.25, 0.3) is 5.56 Å². The maximum Gasteiger partial charge on any atom is 0.338 e. The number of nitrogens with zero attached hydrogens (tertiary/aromatic N) is 2. The highest BCUT2D eigenvalue weighted by Gasteiger charge is 2.33. The number of rotatable bonds is 7. The van der Waals surface area contributed by atoms with Gasteiger partial charge in [0, 0.05) is 17.0 Å². The molecular formula is C27H25BrN2O6S. The third-order valence-corrected chi connectivity index (χ3v) is 7.01. The lowest BCUT2D eigenvalue weighted by Gasteiger charge is -2.24. The van der Waals surface area contributed by atoms with Gasteiger partial charge in [-0.05, 0) is 62.7 Å². The summed E-state index contributed by atoms with van der Waals surface area (Å²) >= 11 is 4.62. The first kappa shape index (κ1) is 26.6. The van der Waals surface area contributed by atoms with Crippen LogP contribution in [0.15, 0.2) is 68.0 Å². The van der Waals surface area contributed by atoms with Crippen molar-refractivity contribution in [3.8, 4) is 11.5 Å². The average Bonchev–Trinajstić information content (AvgIpc) is 3.15. The second kappa shape index (κ2) is 11.3. The van der Waals surface area contributed by atoms with Crippen LogP contribution in [0.5, 0.6) is 11.5 Å². The van der Waals surface area contributed by atoms with Gasteiger partial charge in [-0.3, -0.25) is 14.2 Å². The molecule has 2 heterocycles. The molecule has 10 heteroatoms. The van der Waals surface area contributed by atoms with Crippen molar-refractivity contribution in [2.75, 3.05) is 13.2 Å². The summed E-state index contributed by atoms with van der Waals surface area (Å²) in [6.07, 6.45) is 1.66. The maximum absolute atomic E-state index is 13.8. The number of thiazole rings is 1. The summed E-state index contributed by atoms with van der Waals surface area (Å²) in [5.41, 5.74) is 1.72. The van der Waals surface area contributed by atoms with E-state index in [1.54, 1.807) is 50.3 Å². The molecule has 1 aliphatic heterocycles. The second-order valence-corrected chi connectivity index (χ2v) is 10.0. The number of carbonyl (C=O) groups excluding carboxylic acids is 2. The number of ether oxygens (including phenoxy) is 3. The largest absolute Gasteiger partial charge is 0.494 e. The third-order valence-electron chi connectivity index (χ3n) is 5.54. The van der Waals surface area contributed by atoms with Crippen molar-refractivity contribution >= 4 is 45.3 Å². The van der Waals surface area contributed by atoms with Crippen LogP contribution < -0.4 is 24.4 Å². The van der Waals surface area contributed by atoms with Gasteiger partial charge in [-0.2, -0.15) is 0 Å². The van der Waals surface area contributed by atoms with Crippen molar-refractivity contribution in [3.63, 3.8) is 0 Å². The molecule has 0 spiro atoms. The summed E-state index contributed by atoms with van der Waals surface area (Å²) in [7, 11) is 0. The summed E-state index contributed by atoms with van der Waals surface area (Å²) in [5.74, 6) is 0.0161. The monoisotopic (exact) mass is 584 g/mol. The first-order chi connectivity index (χ1) is 17.7. The molecule has 1 aromatic heterocycles. The molecule has 0 saturated heterocycles. The molecule has 192 valence electrons. The van der Waals surface area contributed by atoms with Crippen molar-refractivity contribution < 1.29 is 23.8 Å². The SMILES string of the molecule is CCOC(=O)C1=C(C)N=c2s/c(=C\c3cc(Br)ccc3OC(C)=O)c(=O)n2[C@@H]1c1ccc(OCC)cc1. The van der Waals surface area contributed by atoms with Gasteiger partial charge in [-0.15, -0.1) is 0 Å². The van der Waals surface area contributed by atoms with Crippen LogP contribution in [-0.2, 0) is 14.3 Å². The number of allylic oxidation sites excluding steroid dienone is 1. The highest BCUT2D eigenvalue weighted by molar-refractivity contribution is 9.10. The third kappa shape index (κ3) is 5.60. The van der Waals surface area contributed by atoms with Crippen molar-refractivity contribution in [1.82, 2.24) is 4.57 Å². The molecule has 0 amide bonds.